The zero-order valence-electron chi connectivity index (χ0n) is 17.2. The van der Waals surface area contributed by atoms with Crippen LogP contribution in [0.15, 0.2) is 12.2 Å². The normalized spacial score (nSPS) is 48.2. The fourth-order valence-corrected chi connectivity index (χ4v) is 8.44. The van der Waals surface area contributed by atoms with Crippen molar-refractivity contribution >= 4 is 12.1 Å². The van der Waals surface area contributed by atoms with Crippen LogP contribution in [0.2, 0.25) is 0 Å². The molecule has 0 bridgehead atoms. The van der Waals surface area contributed by atoms with Crippen LogP contribution in [0.3, 0.4) is 0 Å². The van der Waals surface area contributed by atoms with Crippen LogP contribution < -0.4 is 0 Å². The Balaban J connectivity index is 1.73. The molecule has 0 saturated heterocycles. The Morgan fingerprint density at radius 2 is 1.96 bits per heavy atom. The van der Waals surface area contributed by atoms with Crippen molar-refractivity contribution in [2.75, 3.05) is 13.2 Å². The highest BCUT2D eigenvalue weighted by Gasteiger charge is 2.64. The molecule has 8 atom stereocenters. The topological polar surface area (TPSA) is 74.6 Å². The summed E-state index contributed by atoms with van der Waals surface area (Å²) in [6.07, 6.45) is 9.35. The lowest BCUT2D eigenvalue weighted by atomic mass is 9.43. The molecule has 0 aromatic carbocycles. The van der Waals surface area contributed by atoms with Gasteiger partial charge < -0.3 is 15.0 Å². The lowest BCUT2D eigenvalue weighted by Gasteiger charge is -2.61. The first-order valence-corrected chi connectivity index (χ1v) is 11.3. The third kappa shape index (κ3) is 2.78. The molecule has 4 heteroatoms. The highest BCUT2D eigenvalue weighted by Crippen LogP contribution is 2.68. The molecule has 2 N–H and O–H groups in total. The fourth-order valence-electron chi connectivity index (χ4n) is 8.44. The Bertz CT molecular complexity index is 657. The van der Waals surface area contributed by atoms with E-state index < -0.39 is 5.41 Å². The lowest BCUT2D eigenvalue weighted by Crippen LogP contribution is -2.57. The second kappa shape index (κ2) is 7.36. The maximum Gasteiger partial charge on any atom is 0.132 e. The number of aliphatic hydroxyl groups excluding tert-OH is 2. The molecule has 0 aromatic heterocycles. The predicted octanol–water partition coefficient (Wildman–Crippen LogP) is 3.55. The lowest BCUT2D eigenvalue weighted by molar-refractivity contribution is -0.154. The van der Waals surface area contributed by atoms with Gasteiger partial charge in [0, 0.05) is 24.9 Å². The highest BCUT2D eigenvalue weighted by atomic mass is 16.3. The van der Waals surface area contributed by atoms with Crippen molar-refractivity contribution in [1.29, 1.82) is 0 Å². The summed E-state index contributed by atoms with van der Waals surface area (Å²) in [6, 6.07) is 0. The minimum absolute atomic E-state index is 0.0382. The van der Waals surface area contributed by atoms with Crippen molar-refractivity contribution in [1.82, 2.24) is 0 Å². The van der Waals surface area contributed by atoms with Crippen LogP contribution in [0, 0.1) is 46.3 Å². The minimum Gasteiger partial charge on any atom is -0.396 e. The molecule has 0 aliphatic heterocycles. The Morgan fingerprint density at radius 3 is 2.64 bits per heavy atom. The molecule has 4 saturated carbocycles. The second-order valence-electron chi connectivity index (χ2n) is 10.5. The van der Waals surface area contributed by atoms with Crippen molar-refractivity contribution in [2.45, 2.75) is 64.7 Å². The minimum atomic E-state index is -0.474. The monoisotopic (exact) mass is 388 g/mol. The van der Waals surface area contributed by atoms with Gasteiger partial charge in [-0.25, -0.2) is 0 Å². The molecule has 0 heterocycles. The molecule has 0 spiro atoms. The van der Waals surface area contributed by atoms with E-state index in [0.717, 1.165) is 44.1 Å². The van der Waals surface area contributed by atoms with Gasteiger partial charge in [-0.2, -0.15) is 0 Å². The van der Waals surface area contributed by atoms with E-state index in [1.165, 1.54) is 6.29 Å². The van der Waals surface area contributed by atoms with Gasteiger partial charge in [0.1, 0.15) is 12.1 Å². The van der Waals surface area contributed by atoms with Gasteiger partial charge in [-0.1, -0.05) is 13.5 Å². The van der Waals surface area contributed by atoms with E-state index in [-0.39, 0.29) is 30.5 Å². The first-order valence-electron chi connectivity index (χ1n) is 11.3. The van der Waals surface area contributed by atoms with Crippen molar-refractivity contribution < 1.29 is 19.8 Å². The Kier molecular flexibility index (Phi) is 5.33. The first kappa shape index (κ1) is 20.3. The first-order chi connectivity index (χ1) is 13.4. The van der Waals surface area contributed by atoms with E-state index in [1.54, 1.807) is 0 Å². The molecule has 0 amide bonds. The molecular formula is C24H36O4. The van der Waals surface area contributed by atoms with Gasteiger partial charge in [-0.15, -0.1) is 0 Å². The van der Waals surface area contributed by atoms with Crippen molar-refractivity contribution in [2.24, 2.45) is 46.3 Å². The zero-order valence-corrected chi connectivity index (χ0v) is 17.2. The van der Waals surface area contributed by atoms with Gasteiger partial charge in [0.2, 0.25) is 0 Å². The SMILES string of the molecule is C=C(CO)[C@H]1CC[C@H]2C3CCC4CCC(=O)CC[C@]4(C)[C@H]3C(CO)C[C@]12C=O. The molecule has 156 valence electrons. The van der Waals surface area contributed by atoms with E-state index >= 15 is 0 Å². The summed E-state index contributed by atoms with van der Waals surface area (Å²) in [5.74, 6) is 2.23. The molecule has 4 fully saturated rings. The van der Waals surface area contributed by atoms with Gasteiger partial charge in [-0.3, -0.25) is 4.79 Å². The van der Waals surface area contributed by atoms with Gasteiger partial charge in [0.15, 0.2) is 0 Å². The quantitative estimate of drug-likeness (QED) is 0.570. The zero-order chi connectivity index (χ0) is 20.1. The Labute approximate surface area is 168 Å². The van der Waals surface area contributed by atoms with Crippen LogP contribution in [-0.2, 0) is 9.59 Å². The maximum atomic E-state index is 12.5. The van der Waals surface area contributed by atoms with Crippen LogP contribution in [0.4, 0.5) is 0 Å². The van der Waals surface area contributed by atoms with E-state index in [4.69, 9.17) is 0 Å². The number of fused-ring (bicyclic) bond motifs is 5. The third-order valence-corrected chi connectivity index (χ3v) is 9.61. The Hall–Kier alpha value is -1.00. The number of hydrogen-bond donors (Lipinski definition) is 2. The molecule has 0 aromatic rings. The molecule has 4 aliphatic rings. The van der Waals surface area contributed by atoms with Gasteiger partial charge in [0.25, 0.3) is 0 Å². The van der Waals surface area contributed by atoms with Crippen molar-refractivity contribution in [3.8, 4) is 0 Å². The summed E-state index contributed by atoms with van der Waals surface area (Å²) in [5.41, 5.74) is 0.395. The summed E-state index contributed by atoms with van der Waals surface area (Å²) < 4.78 is 0. The molecule has 28 heavy (non-hydrogen) atoms. The average molecular weight is 389 g/mol. The summed E-state index contributed by atoms with van der Waals surface area (Å²) in [7, 11) is 0. The van der Waals surface area contributed by atoms with Crippen LogP contribution in [0.1, 0.15) is 64.7 Å². The van der Waals surface area contributed by atoms with Crippen LogP contribution >= 0.6 is 0 Å². The summed E-state index contributed by atoms with van der Waals surface area (Å²) in [5, 5.41) is 20.1. The predicted molar refractivity (Wildman–Crippen MR) is 107 cm³/mol. The number of carbonyl (C=O) groups excluding carboxylic acids is 2. The molecule has 3 unspecified atom stereocenters. The Morgan fingerprint density at radius 1 is 1.18 bits per heavy atom. The van der Waals surface area contributed by atoms with Crippen molar-refractivity contribution in [3.63, 3.8) is 0 Å². The molecule has 4 aliphatic carbocycles. The van der Waals surface area contributed by atoms with Crippen molar-refractivity contribution in [3.05, 3.63) is 12.2 Å². The molecule has 0 radical (unpaired) electrons. The van der Waals surface area contributed by atoms with E-state index in [0.29, 0.717) is 48.7 Å². The van der Waals surface area contributed by atoms with Gasteiger partial charge >= 0.3 is 0 Å². The van der Waals surface area contributed by atoms with E-state index in [2.05, 4.69) is 13.5 Å². The van der Waals surface area contributed by atoms with Crippen LogP contribution in [-0.4, -0.2) is 35.5 Å². The molecule has 4 rings (SSSR count). The van der Waals surface area contributed by atoms with E-state index in [9.17, 15) is 19.8 Å². The molecule has 4 nitrogen and oxygen atoms in total. The largest absolute Gasteiger partial charge is 0.396 e. The maximum absolute atomic E-state index is 12.5. The number of hydrogen-bond acceptors (Lipinski definition) is 4. The van der Waals surface area contributed by atoms with Crippen LogP contribution in [0.25, 0.3) is 0 Å². The van der Waals surface area contributed by atoms with Gasteiger partial charge in [0.05, 0.1) is 6.61 Å². The third-order valence-electron chi connectivity index (χ3n) is 9.61. The summed E-state index contributed by atoms with van der Waals surface area (Å²) in [6.45, 7) is 6.51. The number of ketones is 1. The number of aldehydes is 1. The number of Topliss-reactive ketones (excluding diaryl/α,β-unsaturated/α-hetero) is 1. The standard InChI is InChI=1S/C24H36O4/c1-15(12-25)20-7-8-21-19-6-4-17-3-5-18(28)9-10-23(17,2)22(19)16(13-26)11-24(20,21)14-27/h14,16-17,19-22,25-26H,1,3-13H2,2H3/t16?,17?,19?,20-,21+,22+,23+,24+/m1/s1. The number of carbonyl (C=O) groups is 2. The second-order valence-corrected chi connectivity index (χ2v) is 10.5. The highest BCUT2D eigenvalue weighted by molar-refractivity contribution is 5.78. The smallest absolute Gasteiger partial charge is 0.132 e. The summed E-state index contributed by atoms with van der Waals surface area (Å²) >= 11 is 0. The average Bonchev–Trinajstić information content (AvgIpc) is 3.02. The molecular weight excluding hydrogens is 352 g/mol. The number of aliphatic hydroxyl groups is 2. The van der Waals surface area contributed by atoms with Crippen LogP contribution in [0.5, 0.6) is 0 Å². The fraction of sp³-hybridized carbons (Fsp3) is 0.833. The van der Waals surface area contributed by atoms with Gasteiger partial charge in [-0.05, 0) is 91.4 Å². The van der Waals surface area contributed by atoms with E-state index in [1.807, 2.05) is 0 Å². The number of rotatable bonds is 4. The summed E-state index contributed by atoms with van der Waals surface area (Å²) in [4.78, 5) is 24.7.